The van der Waals surface area contributed by atoms with Gasteiger partial charge in [-0.15, -0.1) is 0 Å². The molecule has 0 saturated heterocycles. The highest BCUT2D eigenvalue weighted by Crippen LogP contribution is 2.42. The minimum atomic E-state index is -4.28. The topological polar surface area (TPSA) is 128 Å². The van der Waals surface area contributed by atoms with Crippen molar-refractivity contribution in [2.75, 3.05) is 26.4 Å². The number of hydrogen-bond acceptors (Lipinski definition) is 7. The van der Waals surface area contributed by atoms with Crippen molar-refractivity contribution < 1.29 is 33.1 Å². The van der Waals surface area contributed by atoms with Crippen LogP contribution in [0, 0.1) is 23.7 Å². The van der Waals surface area contributed by atoms with Gasteiger partial charge < -0.3 is 20.5 Å². The number of aliphatic hydroxyl groups excluding tert-OH is 1. The number of aliphatic hydroxyl groups is 1. The lowest BCUT2D eigenvalue weighted by atomic mass is 10.1. The molecular formula is C28H50NO7P. The van der Waals surface area contributed by atoms with Crippen molar-refractivity contribution >= 4 is 13.8 Å². The summed E-state index contributed by atoms with van der Waals surface area (Å²) in [5.74, 6) is 11.7. The van der Waals surface area contributed by atoms with Gasteiger partial charge in [0.05, 0.1) is 19.8 Å². The normalized spacial score (nSPS) is 13.1. The molecule has 0 fully saturated rings. The van der Waals surface area contributed by atoms with E-state index < -0.39 is 33.1 Å². The zero-order chi connectivity index (χ0) is 27.5. The number of phosphoric acid groups is 1. The molecule has 0 aromatic rings. The molecule has 2 atom stereocenters. The van der Waals surface area contributed by atoms with E-state index in [-0.39, 0.29) is 19.6 Å². The largest absolute Gasteiger partial charge is 0.472 e. The van der Waals surface area contributed by atoms with Crippen molar-refractivity contribution in [3.05, 3.63) is 0 Å². The molecule has 0 rings (SSSR count). The zero-order valence-corrected chi connectivity index (χ0v) is 23.8. The van der Waals surface area contributed by atoms with Crippen molar-refractivity contribution in [1.29, 1.82) is 0 Å². The van der Waals surface area contributed by atoms with Crippen LogP contribution >= 0.6 is 7.82 Å². The summed E-state index contributed by atoms with van der Waals surface area (Å²) in [6.07, 6.45) is 17.4. The van der Waals surface area contributed by atoms with Gasteiger partial charge >= 0.3 is 13.8 Å². The summed E-state index contributed by atoms with van der Waals surface area (Å²) in [5.41, 5.74) is 5.20. The second-order valence-electron chi connectivity index (χ2n) is 9.13. The summed E-state index contributed by atoms with van der Waals surface area (Å²) < 4.78 is 25.9. The zero-order valence-electron chi connectivity index (χ0n) is 22.9. The smallest absolute Gasteiger partial charge is 0.457 e. The van der Waals surface area contributed by atoms with Gasteiger partial charge in [0.1, 0.15) is 6.10 Å². The third kappa shape index (κ3) is 26.0. The van der Waals surface area contributed by atoms with E-state index in [0.717, 1.165) is 44.9 Å². The summed E-state index contributed by atoms with van der Waals surface area (Å²) in [7, 11) is -4.28. The summed E-state index contributed by atoms with van der Waals surface area (Å²) in [4.78, 5) is 21.3. The van der Waals surface area contributed by atoms with Crippen LogP contribution in [-0.4, -0.2) is 48.4 Å². The Labute approximate surface area is 225 Å². The molecule has 0 radical (unpaired) electrons. The first-order valence-electron chi connectivity index (χ1n) is 14.0. The Kier molecular flexibility index (Phi) is 25.3. The van der Waals surface area contributed by atoms with E-state index in [1.54, 1.807) is 0 Å². The second-order valence-corrected chi connectivity index (χ2v) is 10.6. The lowest BCUT2D eigenvalue weighted by Gasteiger charge is -2.17. The predicted octanol–water partition coefficient (Wildman–Crippen LogP) is 5.64. The van der Waals surface area contributed by atoms with Gasteiger partial charge in [-0.05, 0) is 31.1 Å². The van der Waals surface area contributed by atoms with Crippen molar-refractivity contribution in [2.24, 2.45) is 5.73 Å². The van der Waals surface area contributed by atoms with Gasteiger partial charge in [0.25, 0.3) is 0 Å². The first kappa shape index (κ1) is 35.6. The maximum absolute atomic E-state index is 11.9. The molecule has 0 aliphatic heterocycles. The molecule has 8 nitrogen and oxygen atoms in total. The molecule has 4 N–H and O–H groups in total. The number of ether oxygens (including phenoxy) is 1. The monoisotopic (exact) mass is 543 g/mol. The molecule has 214 valence electrons. The van der Waals surface area contributed by atoms with Crippen LogP contribution in [-0.2, 0) is 23.1 Å². The van der Waals surface area contributed by atoms with E-state index in [1.807, 2.05) is 0 Å². The number of unbranched alkanes of at least 4 members (excludes halogenated alkanes) is 14. The Morgan fingerprint density at radius 3 is 1.86 bits per heavy atom. The first-order valence-corrected chi connectivity index (χ1v) is 15.5. The first-order chi connectivity index (χ1) is 17.9. The van der Waals surface area contributed by atoms with E-state index in [0.29, 0.717) is 6.42 Å². The summed E-state index contributed by atoms with van der Waals surface area (Å²) in [5, 5.41) is 9.28. The molecule has 0 aliphatic carbocycles. The molecule has 1 unspecified atom stereocenters. The lowest BCUT2D eigenvalue weighted by molar-refractivity contribution is -0.153. The minimum Gasteiger partial charge on any atom is -0.457 e. The number of carbonyl (C=O) groups excluding carboxylic acids is 1. The van der Waals surface area contributed by atoms with Crippen LogP contribution < -0.4 is 5.73 Å². The lowest BCUT2D eigenvalue weighted by Crippen LogP contribution is -2.27. The van der Waals surface area contributed by atoms with Crippen LogP contribution in [0.2, 0.25) is 0 Å². The fraction of sp³-hybridized carbons (Fsp3) is 0.821. The Balaban J connectivity index is 3.63. The van der Waals surface area contributed by atoms with Gasteiger partial charge in [-0.25, -0.2) is 4.57 Å². The molecule has 0 aliphatic rings. The van der Waals surface area contributed by atoms with Gasteiger partial charge in [-0.3, -0.25) is 13.8 Å². The van der Waals surface area contributed by atoms with E-state index >= 15 is 0 Å². The quantitative estimate of drug-likeness (QED) is 0.0617. The molecule has 37 heavy (non-hydrogen) atoms. The van der Waals surface area contributed by atoms with Crippen LogP contribution in [0.5, 0.6) is 0 Å². The van der Waals surface area contributed by atoms with Crippen molar-refractivity contribution in [3.8, 4) is 23.7 Å². The number of nitrogens with two attached hydrogens (primary N) is 1. The van der Waals surface area contributed by atoms with Crippen LogP contribution in [0.3, 0.4) is 0 Å². The molecule has 0 aromatic heterocycles. The van der Waals surface area contributed by atoms with Crippen molar-refractivity contribution in [2.45, 2.75) is 122 Å². The van der Waals surface area contributed by atoms with E-state index in [2.05, 4.69) is 35.1 Å². The molecule has 0 spiro atoms. The van der Waals surface area contributed by atoms with Crippen LogP contribution in [0.15, 0.2) is 0 Å². The van der Waals surface area contributed by atoms with Crippen LogP contribution in [0.1, 0.15) is 116 Å². The molecular weight excluding hydrogens is 493 g/mol. The van der Waals surface area contributed by atoms with E-state index in [1.165, 1.54) is 51.4 Å². The SMILES string of the molecule is CCCCCCCCCCC#CC#CCCCCCCCCC(=O)O[C@@H](CO)COP(=O)(O)OCCN. The molecule has 0 aromatic carbocycles. The number of phosphoric ester groups is 1. The minimum absolute atomic E-state index is 0.0646. The van der Waals surface area contributed by atoms with Gasteiger partial charge in [-0.1, -0.05) is 89.4 Å². The summed E-state index contributed by atoms with van der Waals surface area (Å²) in [6, 6.07) is 0. The maximum Gasteiger partial charge on any atom is 0.472 e. The summed E-state index contributed by atoms with van der Waals surface area (Å²) >= 11 is 0. The third-order valence-electron chi connectivity index (χ3n) is 5.62. The van der Waals surface area contributed by atoms with Crippen LogP contribution in [0.4, 0.5) is 0 Å². The number of carbonyl (C=O) groups is 1. The molecule has 0 bridgehead atoms. The van der Waals surface area contributed by atoms with Gasteiger partial charge in [0, 0.05) is 25.8 Å². The molecule has 0 saturated carbocycles. The highest BCUT2D eigenvalue weighted by molar-refractivity contribution is 7.47. The molecule has 9 heteroatoms. The van der Waals surface area contributed by atoms with Gasteiger partial charge in [0.2, 0.25) is 0 Å². The van der Waals surface area contributed by atoms with Gasteiger partial charge in [0.15, 0.2) is 0 Å². The average molecular weight is 544 g/mol. The Morgan fingerprint density at radius 1 is 0.838 bits per heavy atom. The summed E-state index contributed by atoms with van der Waals surface area (Å²) in [6.45, 7) is 1.22. The highest BCUT2D eigenvalue weighted by atomic mass is 31.2. The van der Waals surface area contributed by atoms with Crippen molar-refractivity contribution in [3.63, 3.8) is 0 Å². The highest BCUT2D eigenvalue weighted by Gasteiger charge is 2.24. The Morgan fingerprint density at radius 2 is 1.35 bits per heavy atom. The van der Waals surface area contributed by atoms with Crippen molar-refractivity contribution in [1.82, 2.24) is 0 Å². The van der Waals surface area contributed by atoms with Gasteiger partial charge in [-0.2, -0.15) is 0 Å². The molecule has 0 amide bonds. The fourth-order valence-electron chi connectivity index (χ4n) is 3.50. The average Bonchev–Trinajstić information content (AvgIpc) is 2.88. The standard InChI is InChI=1S/C28H50NO7P/c1-2-3-4-5-6-7-8-9-10-11-12-13-14-15-16-17-18-19-20-21-22-28(31)36-27(25-30)26-35-37(32,33)34-24-23-29/h27,30H,2-10,15-26,29H2,1H3,(H,32,33)/t27-/m0/s1. The maximum atomic E-state index is 11.9. The fourth-order valence-corrected chi connectivity index (χ4v) is 4.27. The Hall–Kier alpha value is -1.38. The number of hydrogen-bond donors (Lipinski definition) is 3. The number of rotatable bonds is 24. The molecule has 0 heterocycles. The van der Waals surface area contributed by atoms with Crippen LogP contribution in [0.25, 0.3) is 0 Å². The van der Waals surface area contributed by atoms with E-state index in [4.69, 9.17) is 15.0 Å². The number of esters is 1. The third-order valence-corrected chi connectivity index (χ3v) is 6.61. The second kappa shape index (κ2) is 26.2. The predicted molar refractivity (Wildman–Crippen MR) is 147 cm³/mol. The Bertz CT molecular complexity index is 724. The van der Waals surface area contributed by atoms with E-state index in [9.17, 15) is 19.4 Å².